The molecule has 0 bridgehead atoms. The maximum absolute atomic E-state index is 6.11. The highest BCUT2D eigenvalue weighted by molar-refractivity contribution is 14.1. The third-order valence-corrected chi connectivity index (χ3v) is 4.98. The van der Waals surface area contributed by atoms with E-state index < -0.39 is 0 Å². The molecule has 0 atom stereocenters. The first-order valence-corrected chi connectivity index (χ1v) is 9.07. The number of nitrogens with one attached hydrogen (secondary N) is 1. The number of anilines is 1. The molecule has 1 aromatic carbocycles. The Morgan fingerprint density at radius 1 is 1.29 bits per heavy atom. The minimum Gasteiger partial charge on any atom is -0.369 e. The fourth-order valence-electron chi connectivity index (χ4n) is 1.97. The SMILES string of the molecule is CCCc1nc(-c2cc(Cl)ccc2Br)nc(NCC)c1I. The number of hydrogen-bond acceptors (Lipinski definition) is 3. The third kappa shape index (κ3) is 4.07. The minimum atomic E-state index is 0.678. The molecule has 1 N–H and O–H groups in total. The number of nitrogens with zero attached hydrogens (tertiary/aromatic N) is 2. The molecule has 21 heavy (non-hydrogen) atoms. The second-order valence-corrected chi connectivity index (χ2v) is 6.93. The molecule has 1 aromatic heterocycles. The van der Waals surface area contributed by atoms with E-state index in [0.29, 0.717) is 10.8 Å². The smallest absolute Gasteiger partial charge is 0.163 e. The first-order chi connectivity index (χ1) is 10.1. The summed E-state index contributed by atoms with van der Waals surface area (Å²) in [6, 6.07) is 5.66. The Labute approximate surface area is 152 Å². The number of benzene rings is 1. The molecule has 1 heterocycles. The van der Waals surface area contributed by atoms with Crippen LogP contribution in [0.15, 0.2) is 22.7 Å². The van der Waals surface area contributed by atoms with Crippen LogP contribution in [0.2, 0.25) is 5.02 Å². The average molecular weight is 481 g/mol. The Morgan fingerprint density at radius 2 is 2.05 bits per heavy atom. The molecule has 0 spiro atoms. The zero-order valence-corrected chi connectivity index (χ0v) is 16.4. The van der Waals surface area contributed by atoms with Gasteiger partial charge < -0.3 is 5.32 Å². The van der Waals surface area contributed by atoms with Crippen molar-refractivity contribution in [3.8, 4) is 11.4 Å². The number of rotatable bonds is 5. The second-order valence-electron chi connectivity index (χ2n) is 4.56. The van der Waals surface area contributed by atoms with Crippen LogP contribution in [0.4, 0.5) is 5.82 Å². The Bertz CT molecular complexity index is 622. The lowest BCUT2D eigenvalue weighted by Gasteiger charge is -2.13. The van der Waals surface area contributed by atoms with E-state index in [1.165, 1.54) is 0 Å². The van der Waals surface area contributed by atoms with Gasteiger partial charge in [0.15, 0.2) is 5.82 Å². The molecule has 0 radical (unpaired) electrons. The topological polar surface area (TPSA) is 37.8 Å². The molecule has 0 saturated carbocycles. The normalized spacial score (nSPS) is 10.7. The van der Waals surface area contributed by atoms with Gasteiger partial charge in [-0.25, -0.2) is 9.97 Å². The lowest BCUT2D eigenvalue weighted by molar-refractivity contribution is 0.866. The third-order valence-electron chi connectivity index (χ3n) is 2.92. The predicted molar refractivity (Wildman–Crippen MR) is 101 cm³/mol. The van der Waals surface area contributed by atoms with Gasteiger partial charge in [0.1, 0.15) is 5.82 Å². The van der Waals surface area contributed by atoms with Crippen molar-refractivity contribution < 1.29 is 0 Å². The van der Waals surface area contributed by atoms with E-state index in [4.69, 9.17) is 16.6 Å². The van der Waals surface area contributed by atoms with E-state index in [9.17, 15) is 0 Å². The molecule has 2 aromatic rings. The van der Waals surface area contributed by atoms with Gasteiger partial charge in [-0.2, -0.15) is 0 Å². The molecule has 3 nitrogen and oxygen atoms in total. The number of hydrogen-bond donors (Lipinski definition) is 1. The van der Waals surface area contributed by atoms with Crippen molar-refractivity contribution in [3.05, 3.63) is 37.0 Å². The van der Waals surface area contributed by atoms with Crippen molar-refractivity contribution in [1.29, 1.82) is 0 Å². The van der Waals surface area contributed by atoms with E-state index in [1.54, 1.807) is 0 Å². The standard InChI is InChI=1S/C15H16BrClIN3/c1-3-5-12-13(18)15(19-4-2)21-14(20-12)10-8-9(17)6-7-11(10)16/h6-8H,3-5H2,1-2H3,(H,19,20,21). The molecular formula is C15H16BrClIN3. The Kier molecular flexibility index (Phi) is 6.25. The van der Waals surface area contributed by atoms with Gasteiger partial charge >= 0.3 is 0 Å². The quantitative estimate of drug-likeness (QED) is 0.571. The summed E-state index contributed by atoms with van der Waals surface area (Å²) in [5, 5.41) is 3.99. The van der Waals surface area contributed by atoms with Crippen LogP contribution in [0, 0.1) is 3.57 Å². The Balaban J connectivity index is 2.59. The fraction of sp³-hybridized carbons (Fsp3) is 0.333. The van der Waals surface area contributed by atoms with Gasteiger partial charge in [-0.05, 0) is 54.1 Å². The summed E-state index contributed by atoms with van der Waals surface area (Å²) in [5.41, 5.74) is 1.99. The molecule has 0 unspecified atom stereocenters. The zero-order chi connectivity index (χ0) is 15.4. The minimum absolute atomic E-state index is 0.678. The summed E-state index contributed by atoms with van der Waals surface area (Å²) in [5.74, 6) is 1.59. The Morgan fingerprint density at radius 3 is 2.71 bits per heavy atom. The first-order valence-electron chi connectivity index (χ1n) is 6.82. The molecule has 0 aliphatic rings. The molecule has 0 aliphatic heterocycles. The summed E-state index contributed by atoms with van der Waals surface area (Å²) >= 11 is 12.0. The number of halogens is 3. The zero-order valence-electron chi connectivity index (χ0n) is 11.9. The maximum atomic E-state index is 6.11. The highest BCUT2D eigenvalue weighted by Gasteiger charge is 2.14. The molecule has 0 fully saturated rings. The summed E-state index contributed by atoms with van der Waals surface area (Å²) in [7, 11) is 0. The van der Waals surface area contributed by atoms with Crippen LogP contribution in [0.25, 0.3) is 11.4 Å². The van der Waals surface area contributed by atoms with Gasteiger partial charge in [0.05, 0.1) is 9.26 Å². The predicted octanol–water partition coefficient (Wildman–Crippen LogP) is 5.55. The second kappa shape index (κ2) is 7.74. The first kappa shape index (κ1) is 17.0. The van der Waals surface area contributed by atoms with Crippen molar-refractivity contribution in [2.75, 3.05) is 11.9 Å². The van der Waals surface area contributed by atoms with E-state index in [2.05, 4.69) is 62.7 Å². The van der Waals surface area contributed by atoms with Gasteiger partial charge in [0, 0.05) is 21.6 Å². The molecule has 0 amide bonds. The van der Waals surface area contributed by atoms with E-state index in [0.717, 1.165) is 44.5 Å². The molecule has 6 heteroatoms. The van der Waals surface area contributed by atoms with Crippen LogP contribution < -0.4 is 5.32 Å². The number of aromatic nitrogens is 2. The monoisotopic (exact) mass is 479 g/mol. The van der Waals surface area contributed by atoms with Crippen LogP contribution in [-0.4, -0.2) is 16.5 Å². The largest absolute Gasteiger partial charge is 0.369 e. The van der Waals surface area contributed by atoms with Crippen LogP contribution >= 0.6 is 50.1 Å². The summed E-state index contributed by atoms with van der Waals surface area (Å²) < 4.78 is 2.04. The molecule has 0 saturated heterocycles. The lowest BCUT2D eigenvalue weighted by Crippen LogP contribution is -2.08. The van der Waals surface area contributed by atoms with Crippen LogP contribution in [0.5, 0.6) is 0 Å². The van der Waals surface area contributed by atoms with Crippen LogP contribution in [0.3, 0.4) is 0 Å². The van der Waals surface area contributed by atoms with Crippen molar-refractivity contribution in [2.45, 2.75) is 26.7 Å². The number of aryl methyl sites for hydroxylation is 1. The summed E-state index contributed by atoms with van der Waals surface area (Å²) in [6.07, 6.45) is 1.99. The van der Waals surface area contributed by atoms with E-state index >= 15 is 0 Å². The fourth-order valence-corrected chi connectivity index (χ4v) is 3.27. The van der Waals surface area contributed by atoms with Crippen LogP contribution in [-0.2, 0) is 6.42 Å². The van der Waals surface area contributed by atoms with Gasteiger partial charge in [-0.15, -0.1) is 0 Å². The van der Waals surface area contributed by atoms with Crippen LogP contribution in [0.1, 0.15) is 26.0 Å². The highest BCUT2D eigenvalue weighted by atomic mass is 127. The van der Waals surface area contributed by atoms with Crippen molar-refractivity contribution in [3.63, 3.8) is 0 Å². The summed E-state index contributed by atoms with van der Waals surface area (Å²) in [6.45, 7) is 5.04. The van der Waals surface area contributed by atoms with Crippen molar-refractivity contribution in [2.24, 2.45) is 0 Å². The van der Waals surface area contributed by atoms with Gasteiger partial charge in [0.2, 0.25) is 0 Å². The van der Waals surface area contributed by atoms with E-state index in [-0.39, 0.29) is 0 Å². The van der Waals surface area contributed by atoms with E-state index in [1.807, 2.05) is 18.2 Å². The molecule has 0 aliphatic carbocycles. The average Bonchev–Trinajstić information content (AvgIpc) is 2.46. The van der Waals surface area contributed by atoms with Crippen molar-refractivity contribution >= 4 is 55.9 Å². The summed E-state index contributed by atoms with van der Waals surface area (Å²) in [4.78, 5) is 9.39. The highest BCUT2D eigenvalue weighted by Crippen LogP contribution is 2.31. The lowest BCUT2D eigenvalue weighted by atomic mass is 10.2. The van der Waals surface area contributed by atoms with Gasteiger partial charge in [0.25, 0.3) is 0 Å². The van der Waals surface area contributed by atoms with Gasteiger partial charge in [-0.3, -0.25) is 0 Å². The molecule has 112 valence electrons. The van der Waals surface area contributed by atoms with Gasteiger partial charge in [-0.1, -0.05) is 40.9 Å². The Hall–Kier alpha value is -0.400. The van der Waals surface area contributed by atoms with Crippen molar-refractivity contribution in [1.82, 2.24) is 9.97 Å². The maximum Gasteiger partial charge on any atom is 0.163 e. The molecular weight excluding hydrogens is 464 g/mol. The molecule has 2 rings (SSSR count).